The Labute approximate surface area is 168 Å². The average Bonchev–Trinajstić information content (AvgIpc) is 2.86. The number of aliphatic hydroxyl groups excluding tert-OH is 2. The van der Waals surface area contributed by atoms with Crippen LogP contribution in [-0.4, -0.2) is 57.0 Å². The number of hydrogen-bond acceptors (Lipinski definition) is 5. The fraction of sp³-hybridized carbons (Fsp3) is 0.727. The summed E-state index contributed by atoms with van der Waals surface area (Å²) in [6, 6.07) is 0. The molecule has 0 aliphatic heterocycles. The van der Waals surface area contributed by atoms with Crippen molar-refractivity contribution in [1.29, 1.82) is 0 Å². The SMILES string of the molecule is C[C@@H]1C[C@H]2[C@H]3C[C@@H](F)C4=CC(=O)C=C[C@@]4(C)[C@@]3(F)[C@@H](O)C[C@]2(C)[C@@]1(O)C(=O)CO. The molecule has 0 heterocycles. The van der Waals surface area contributed by atoms with E-state index in [1.807, 2.05) is 0 Å². The molecular weight excluding hydrogens is 382 g/mol. The first-order valence-corrected chi connectivity index (χ1v) is 10.2. The summed E-state index contributed by atoms with van der Waals surface area (Å²) in [5, 5.41) is 31.9. The van der Waals surface area contributed by atoms with E-state index in [4.69, 9.17) is 0 Å². The largest absolute Gasteiger partial charge is 0.390 e. The van der Waals surface area contributed by atoms with Gasteiger partial charge in [-0.2, -0.15) is 0 Å². The van der Waals surface area contributed by atoms with Gasteiger partial charge in [-0.1, -0.05) is 19.9 Å². The Kier molecular flexibility index (Phi) is 4.34. The first-order valence-electron chi connectivity index (χ1n) is 10.2. The van der Waals surface area contributed by atoms with Gasteiger partial charge in [0.2, 0.25) is 0 Å². The van der Waals surface area contributed by atoms with E-state index < -0.39 is 70.3 Å². The molecule has 160 valence electrons. The maximum Gasteiger partial charge on any atom is 0.190 e. The number of carbonyl (C=O) groups excluding carboxylic acids is 2. The summed E-state index contributed by atoms with van der Waals surface area (Å²) in [6.45, 7) is 3.96. The number of carbonyl (C=O) groups is 2. The van der Waals surface area contributed by atoms with Crippen molar-refractivity contribution in [3.8, 4) is 0 Å². The molecule has 7 heteroatoms. The molecule has 0 aromatic rings. The molecule has 0 aromatic heterocycles. The summed E-state index contributed by atoms with van der Waals surface area (Å²) in [4.78, 5) is 24.3. The number of halogens is 2. The highest BCUT2D eigenvalue weighted by molar-refractivity contribution is 6.01. The molecule has 9 atom stereocenters. The molecule has 0 radical (unpaired) electrons. The molecular formula is C22H28F2O5. The molecule has 4 rings (SSSR count). The van der Waals surface area contributed by atoms with Crippen LogP contribution in [-0.2, 0) is 9.59 Å². The molecule has 0 spiro atoms. The van der Waals surface area contributed by atoms with Crippen molar-refractivity contribution >= 4 is 11.6 Å². The summed E-state index contributed by atoms with van der Waals surface area (Å²) in [5.41, 5.74) is -6.81. The number of Topliss-reactive ketones (excluding diaryl/α,β-unsaturated/α-hetero) is 1. The molecule has 0 unspecified atom stereocenters. The van der Waals surface area contributed by atoms with Crippen LogP contribution in [0, 0.1) is 28.6 Å². The Hall–Kier alpha value is -1.44. The first-order chi connectivity index (χ1) is 13.4. The quantitative estimate of drug-likeness (QED) is 0.646. The number of ketones is 2. The molecule has 5 nitrogen and oxygen atoms in total. The van der Waals surface area contributed by atoms with E-state index in [9.17, 15) is 24.9 Å². The summed E-state index contributed by atoms with van der Waals surface area (Å²) >= 11 is 0. The Morgan fingerprint density at radius 2 is 1.93 bits per heavy atom. The second-order valence-electron chi connectivity index (χ2n) is 9.84. The van der Waals surface area contributed by atoms with Crippen LogP contribution in [0.5, 0.6) is 0 Å². The van der Waals surface area contributed by atoms with E-state index in [2.05, 4.69) is 0 Å². The van der Waals surface area contributed by atoms with Crippen LogP contribution in [0.1, 0.15) is 40.0 Å². The fourth-order valence-corrected chi connectivity index (χ4v) is 7.25. The molecule has 29 heavy (non-hydrogen) atoms. The highest BCUT2D eigenvalue weighted by Crippen LogP contribution is 2.70. The van der Waals surface area contributed by atoms with Crippen molar-refractivity contribution in [3.05, 3.63) is 23.8 Å². The zero-order valence-electron chi connectivity index (χ0n) is 16.9. The molecule has 3 N–H and O–H groups in total. The van der Waals surface area contributed by atoms with Crippen LogP contribution < -0.4 is 0 Å². The van der Waals surface area contributed by atoms with Crippen LogP contribution in [0.25, 0.3) is 0 Å². The number of fused-ring (bicyclic) bond motifs is 5. The van der Waals surface area contributed by atoms with Crippen molar-refractivity contribution in [2.24, 2.45) is 28.6 Å². The van der Waals surface area contributed by atoms with Crippen LogP contribution in [0.2, 0.25) is 0 Å². The normalized spacial score (nSPS) is 53.7. The second-order valence-corrected chi connectivity index (χ2v) is 9.84. The Morgan fingerprint density at radius 3 is 2.55 bits per heavy atom. The van der Waals surface area contributed by atoms with Gasteiger partial charge in [-0.05, 0) is 55.7 Å². The van der Waals surface area contributed by atoms with Gasteiger partial charge < -0.3 is 15.3 Å². The monoisotopic (exact) mass is 410 g/mol. The van der Waals surface area contributed by atoms with Gasteiger partial charge in [-0.3, -0.25) is 9.59 Å². The minimum absolute atomic E-state index is 0.0409. The van der Waals surface area contributed by atoms with Crippen LogP contribution >= 0.6 is 0 Å². The van der Waals surface area contributed by atoms with Gasteiger partial charge in [0.15, 0.2) is 17.2 Å². The fourth-order valence-electron chi connectivity index (χ4n) is 7.25. The number of rotatable bonds is 2. The van der Waals surface area contributed by atoms with Crippen molar-refractivity contribution in [3.63, 3.8) is 0 Å². The molecule has 0 bridgehead atoms. The van der Waals surface area contributed by atoms with Crippen LogP contribution in [0.4, 0.5) is 8.78 Å². The van der Waals surface area contributed by atoms with Crippen LogP contribution in [0.15, 0.2) is 23.8 Å². The maximum absolute atomic E-state index is 16.9. The Balaban J connectivity index is 1.87. The standard InChI is InChI=1S/C22H28F2O5/c1-11-6-13-14-8-16(23)15-7-12(26)4-5-19(15,2)21(14,24)17(27)9-20(13,3)22(11,29)18(28)10-25/h4-5,7,11,13-14,16-17,25,27,29H,6,8-10H2,1-3H3/t11-,13+,14-,16-,17+,19-,20+,21+,22+/m1/s1. The third kappa shape index (κ3) is 2.19. The van der Waals surface area contributed by atoms with E-state index in [-0.39, 0.29) is 24.8 Å². The van der Waals surface area contributed by atoms with E-state index in [1.165, 1.54) is 19.1 Å². The van der Waals surface area contributed by atoms with Gasteiger partial charge in [-0.15, -0.1) is 0 Å². The highest BCUT2D eigenvalue weighted by atomic mass is 19.1. The van der Waals surface area contributed by atoms with Gasteiger partial charge in [0.25, 0.3) is 0 Å². The Bertz CT molecular complexity index is 839. The molecule has 0 saturated heterocycles. The molecule has 3 fully saturated rings. The smallest absolute Gasteiger partial charge is 0.190 e. The zero-order chi connectivity index (χ0) is 21.6. The summed E-state index contributed by atoms with van der Waals surface area (Å²) in [7, 11) is 0. The second kappa shape index (κ2) is 6.05. The van der Waals surface area contributed by atoms with Crippen molar-refractivity contribution in [2.75, 3.05) is 6.61 Å². The Morgan fingerprint density at radius 1 is 1.28 bits per heavy atom. The van der Waals surface area contributed by atoms with Crippen molar-refractivity contribution in [1.82, 2.24) is 0 Å². The van der Waals surface area contributed by atoms with Gasteiger partial charge in [0.1, 0.15) is 18.4 Å². The lowest BCUT2D eigenvalue weighted by Gasteiger charge is -2.63. The summed E-state index contributed by atoms with van der Waals surface area (Å²) in [6.07, 6.45) is 0.427. The van der Waals surface area contributed by atoms with Gasteiger partial charge in [-0.25, -0.2) is 8.78 Å². The van der Waals surface area contributed by atoms with Crippen LogP contribution in [0.3, 0.4) is 0 Å². The number of aliphatic hydroxyl groups is 3. The predicted molar refractivity (Wildman–Crippen MR) is 100 cm³/mol. The molecule has 4 aliphatic rings. The van der Waals surface area contributed by atoms with E-state index in [0.29, 0.717) is 0 Å². The van der Waals surface area contributed by atoms with Crippen molar-refractivity contribution in [2.45, 2.75) is 63.6 Å². The molecule has 3 saturated carbocycles. The minimum Gasteiger partial charge on any atom is -0.390 e. The maximum atomic E-state index is 16.9. The zero-order valence-corrected chi connectivity index (χ0v) is 16.9. The summed E-state index contributed by atoms with van der Waals surface area (Å²) < 4.78 is 32.1. The van der Waals surface area contributed by atoms with Crippen molar-refractivity contribution < 1.29 is 33.7 Å². The number of hydrogen-bond donors (Lipinski definition) is 3. The molecule has 0 amide bonds. The predicted octanol–water partition coefficient (Wildman–Crippen LogP) is 1.84. The third-order valence-corrected chi connectivity index (χ3v) is 8.78. The first kappa shape index (κ1) is 20.8. The molecule has 4 aliphatic carbocycles. The van der Waals surface area contributed by atoms with Gasteiger partial charge in [0.05, 0.1) is 6.10 Å². The topological polar surface area (TPSA) is 94.8 Å². The summed E-state index contributed by atoms with van der Waals surface area (Å²) in [5.74, 6) is -3.24. The van der Waals surface area contributed by atoms with E-state index in [0.717, 1.165) is 6.08 Å². The third-order valence-electron chi connectivity index (χ3n) is 8.78. The lowest BCUT2D eigenvalue weighted by Crippen LogP contribution is -2.70. The lowest BCUT2D eigenvalue weighted by atomic mass is 9.44. The highest BCUT2D eigenvalue weighted by Gasteiger charge is 2.76. The number of alkyl halides is 2. The van der Waals surface area contributed by atoms with E-state index in [1.54, 1.807) is 13.8 Å². The van der Waals surface area contributed by atoms with Gasteiger partial charge >= 0.3 is 0 Å². The lowest BCUT2D eigenvalue weighted by molar-refractivity contribution is -0.223. The van der Waals surface area contributed by atoms with Gasteiger partial charge in [0, 0.05) is 16.7 Å². The average molecular weight is 410 g/mol. The minimum atomic E-state index is -2.24. The number of allylic oxidation sites excluding steroid dienone is 4. The molecule has 0 aromatic carbocycles. The van der Waals surface area contributed by atoms with E-state index >= 15 is 8.78 Å².